The molecule has 2 aliphatic heterocycles. The molecule has 0 bridgehead atoms. The monoisotopic (exact) mass is 274 g/mol. The molecule has 1 aromatic rings. The van der Waals surface area contributed by atoms with Gasteiger partial charge in [0.1, 0.15) is 6.54 Å². The smallest absolute Gasteiger partial charge is 0.103 e. The van der Waals surface area contributed by atoms with E-state index < -0.39 is 0 Å². The maximum absolute atomic E-state index is 2.44. The summed E-state index contributed by atoms with van der Waals surface area (Å²) in [5.41, 5.74) is 1.50. The predicted molar refractivity (Wildman–Crippen MR) is 83.0 cm³/mol. The highest BCUT2D eigenvalue weighted by Crippen LogP contribution is 2.07. The molecule has 0 aromatic heterocycles. The van der Waals surface area contributed by atoms with Gasteiger partial charge in [0.2, 0.25) is 0 Å². The normalized spacial score (nSPS) is 34.9. The van der Waals surface area contributed by atoms with Crippen LogP contribution in [0.3, 0.4) is 0 Å². The second-order valence-electron chi connectivity index (χ2n) is 7.05. The van der Waals surface area contributed by atoms with E-state index in [0.29, 0.717) is 0 Å². The lowest BCUT2D eigenvalue weighted by Crippen LogP contribution is -3.21. The van der Waals surface area contributed by atoms with E-state index in [2.05, 4.69) is 37.3 Å². The van der Waals surface area contributed by atoms with Crippen molar-refractivity contribution in [3.05, 3.63) is 35.9 Å². The number of benzene rings is 1. The van der Waals surface area contributed by atoms with Crippen LogP contribution in [0.4, 0.5) is 0 Å². The van der Waals surface area contributed by atoms with Crippen LogP contribution in [0.25, 0.3) is 0 Å². The number of likely N-dealkylation sites (tertiary alicyclic amines) is 2. The van der Waals surface area contributed by atoms with Crippen LogP contribution in [0.2, 0.25) is 0 Å². The largest absolute Gasteiger partial charge is 0.332 e. The van der Waals surface area contributed by atoms with Gasteiger partial charge in [0.25, 0.3) is 0 Å². The summed E-state index contributed by atoms with van der Waals surface area (Å²) in [6.07, 6.45) is 5.78. The van der Waals surface area contributed by atoms with Gasteiger partial charge in [0, 0.05) is 24.3 Å². The van der Waals surface area contributed by atoms with Crippen LogP contribution in [0.5, 0.6) is 0 Å². The van der Waals surface area contributed by atoms with E-state index >= 15 is 0 Å². The molecule has 2 heterocycles. The molecule has 1 unspecified atom stereocenters. The van der Waals surface area contributed by atoms with Crippen LogP contribution < -0.4 is 9.80 Å². The van der Waals surface area contributed by atoms with Crippen molar-refractivity contribution >= 4 is 0 Å². The van der Waals surface area contributed by atoms with E-state index in [1.807, 2.05) is 4.90 Å². The summed E-state index contributed by atoms with van der Waals surface area (Å²) in [5.74, 6) is 0.952. The molecule has 2 fully saturated rings. The molecule has 0 saturated carbocycles. The standard InChI is InChI=1S/C18H28N2/c1-16-6-5-11-20(14-16)18-9-12-19(13-10-18)15-17-7-3-2-4-8-17/h2-4,7-8,16,18H,5-6,9-15H2,1H3/p+2/t16-/m0/s1. The van der Waals surface area contributed by atoms with Gasteiger partial charge in [0.05, 0.1) is 32.2 Å². The molecule has 2 atom stereocenters. The zero-order valence-electron chi connectivity index (χ0n) is 12.9. The number of hydrogen-bond acceptors (Lipinski definition) is 0. The Balaban J connectivity index is 1.47. The molecule has 1 aromatic carbocycles. The first-order chi connectivity index (χ1) is 9.81. The number of rotatable bonds is 3. The fourth-order valence-electron chi connectivity index (χ4n) is 4.20. The van der Waals surface area contributed by atoms with E-state index in [4.69, 9.17) is 0 Å². The molecule has 0 spiro atoms. The molecule has 3 rings (SSSR count). The van der Waals surface area contributed by atoms with Crippen molar-refractivity contribution in [3.8, 4) is 0 Å². The lowest BCUT2D eigenvalue weighted by atomic mass is 9.95. The number of hydrogen-bond donors (Lipinski definition) is 2. The first-order valence-electron chi connectivity index (χ1n) is 8.53. The van der Waals surface area contributed by atoms with Gasteiger partial charge < -0.3 is 9.80 Å². The van der Waals surface area contributed by atoms with Gasteiger partial charge in [-0.3, -0.25) is 0 Å². The minimum Gasteiger partial charge on any atom is -0.332 e. The Morgan fingerprint density at radius 1 is 1.00 bits per heavy atom. The van der Waals surface area contributed by atoms with Gasteiger partial charge in [-0.05, 0) is 12.8 Å². The molecule has 0 radical (unpaired) electrons. The summed E-state index contributed by atoms with van der Waals surface area (Å²) in [6.45, 7) is 9.27. The van der Waals surface area contributed by atoms with Gasteiger partial charge in [-0.25, -0.2) is 0 Å². The topological polar surface area (TPSA) is 8.88 Å². The summed E-state index contributed by atoms with van der Waals surface area (Å²) in [7, 11) is 0. The van der Waals surface area contributed by atoms with Crippen molar-refractivity contribution < 1.29 is 9.80 Å². The van der Waals surface area contributed by atoms with Crippen LogP contribution in [-0.4, -0.2) is 32.2 Å². The molecule has 20 heavy (non-hydrogen) atoms. The van der Waals surface area contributed by atoms with Crippen molar-refractivity contribution in [2.24, 2.45) is 5.92 Å². The highest BCUT2D eigenvalue weighted by atomic mass is 15.2. The first-order valence-corrected chi connectivity index (χ1v) is 8.53. The lowest BCUT2D eigenvalue weighted by Gasteiger charge is -2.37. The molecule has 2 aliphatic rings. The second kappa shape index (κ2) is 6.73. The number of piperidine rings is 2. The highest BCUT2D eigenvalue weighted by molar-refractivity contribution is 5.13. The first kappa shape index (κ1) is 14.1. The Bertz CT molecular complexity index is 395. The van der Waals surface area contributed by atoms with Crippen LogP contribution in [0, 0.1) is 5.92 Å². The number of nitrogens with one attached hydrogen (secondary N) is 2. The fraction of sp³-hybridized carbons (Fsp3) is 0.667. The Labute approximate surface area is 123 Å². The summed E-state index contributed by atoms with van der Waals surface area (Å²) < 4.78 is 0. The van der Waals surface area contributed by atoms with E-state index in [1.54, 1.807) is 4.90 Å². The second-order valence-corrected chi connectivity index (χ2v) is 7.05. The maximum Gasteiger partial charge on any atom is 0.103 e. The number of quaternary nitrogens is 2. The van der Waals surface area contributed by atoms with Gasteiger partial charge in [-0.1, -0.05) is 37.3 Å². The van der Waals surface area contributed by atoms with Gasteiger partial charge in [-0.15, -0.1) is 0 Å². The van der Waals surface area contributed by atoms with Crippen molar-refractivity contribution in [2.45, 2.75) is 45.2 Å². The average Bonchev–Trinajstić information content (AvgIpc) is 2.49. The summed E-state index contributed by atoms with van der Waals surface area (Å²) in [5, 5.41) is 0. The molecule has 110 valence electrons. The molecule has 0 amide bonds. The summed E-state index contributed by atoms with van der Waals surface area (Å²) in [6, 6.07) is 12.0. The van der Waals surface area contributed by atoms with E-state index in [0.717, 1.165) is 12.0 Å². The predicted octanol–water partition coefficient (Wildman–Crippen LogP) is 0.549. The minimum atomic E-state index is 0.952. The molecule has 2 nitrogen and oxygen atoms in total. The Morgan fingerprint density at radius 3 is 2.45 bits per heavy atom. The van der Waals surface area contributed by atoms with Crippen molar-refractivity contribution in [1.82, 2.24) is 0 Å². The maximum atomic E-state index is 2.44. The van der Waals surface area contributed by atoms with Crippen LogP contribution >= 0.6 is 0 Å². The molecule has 2 saturated heterocycles. The molecular formula is C18H30N2+2. The van der Waals surface area contributed by atoms with Gasteiger partial charge in [-0.2, -0.15) is 0 Å². The fourth-order valence-corrected chi connectivity index (χ4v) is 4.20. The molecule has 2 heteroatoms. The zero-order valence-corrected chi connectivity index (χ0v) is 12.9. The van der Waals surface area contributed by atoms with Crippen LogP contribution in [0.1, 0.15) is 38.2 Å². The third-order valence-corrected chi connectivity index (χ3v) is 5.37. The van der Waals surface area contributed by atoms with E-state index in [-0.39, 0.29) is 0 Å². The average molecular weight is 274 g/mol. The van der Waals surface area contributed by atoms with Gasteiger partial charge in [0.15, 0.2) is 0 Å². The highest BCUT2D eigenvalue weighted by Gasteiger charge is 2.32. The van der Waals surface area contributed by atoms with Gasteiger partial charge >= 0.3 is 0 Å². The Morgan fingerprint density at radius 2 is 1.75 bits per heavy atom. The Kier molecular flexibility index (Phi) is 4.74. The minimum absolute atomic E-state index is 0.952. The molecule has 2 N–H and O–H groups in total. The Hall–Kier alpha value is -0.860. The third-order valence-electron chi connectivity index (χ3n) is 5.37. The third kappa shape index (κ3) is 3.62. The van der Waals surface area contributed by atoms with Crippen molar-refractivity contribution in [2.75, 3.05) is 26.2 Å². The van der Waals surface area contributed by atoms with Crippen LogP contribution in [-0.2, 0) is 6.54 Å². The quantitative estimate of drug-likeness (QED) is 0.796. The van der Waals surface area contributed by atoms with Crippen molar-refractivity contribution in [1.29, 1.82) is 0 Å². The van der Waals surface area contributed by atoms with E-state index in [1.165, 1.54) is 64.0 Å². The zero-order chi connectivity index (χ0) is 13.8. The SMILES string of the molecule is C[C@H]1CCC[NH+](C2CC[NH+](Cc3ccccc3)CC2)C1. The van der Waals surface area contributed by atoms with E-state index in [9.17, 15) is 0 Å². The summed E-state index contributed by atoms with van der Waals surface area (Å²) in [4.78, 5) is 3.71. The molecule has 0 aliphatic carbocycles. The summed E-state index contributed by atoms with van der Waals surface area (Å²) >= 11 is 0. The molecular weight excluding hydrogens is 244 g/mol. The van der Waals surface area contributed by atoms with Crippen molar-refractivity contribution in [3.63, 3.8) is 0 Å². The van der Waals surface area contributed by atoms with Crippen LogP contribution in [0.15, 0.2) is 30.3 Å². The lowest BCUT2D eigenvalue weighted by molar-refractivity contribution is -0.967.